The van der Waals surface area contributed by atoms with E-state index in [1.165, 1.54) is 18.2 Å². The number of ether oxygens (including phenoxy) is 1. The minimum absolute atomic E-state index is 0.0647. The first-order chi connectivity index (χ1) is 8.97. The number of aliphatic carboxylic acids is 1. The van der Waals surface area contributed by atoms with Crippen molar-refractivity contribution in [3.05, 3.63) is 33.3 Å². The van der Waals surface area contributed by atoms with Crippen LogP contribution in [0.5, 0.6) is 5.75 Å². The van der Waals surface area contributed by atoms with Gasteiger partial charge in [0.2, 0.25) is 5.75 Å². The monoisotopic (exact) mass is 288 g/mol. The van der Waals surface area contributed by atoms with Crippen LogP contribution in [-0.4, -0.2) is 35.2 Å². The Morgan fingerprint density at radius 3 is 2.84 bits per heavy atom. The first kappa shape index (κ1) is 15.2. The molecular weight excluding hydrogens is 276 g/mol. The van der Waals surface area contributed by atoms with Gasteiger partial charge in [0.1, 0.15) is 12.6 Å². The van der Waals surface area contributed by atoms with E-state index in [4.69, 9.17) is 21.4 Å². The number of nitrogens with one attached hydrogen (secondary N) is 1. The third kappa shape index (κ3) is 4.08. The Morgan fingerprint density at radius 2 is 2.32 bits per heavy atom. The van der Waals surface area contributed by atoms with Crippen LogP contribution >= 0.6 is 11.6 Å². The van der Waals surface area contributed by atoms with Crippen molar-refractivity contribution in [2.45, 2.75) is 13.0 Å². The molecular formula is C11H13ClN2O5. The van der Waals surface area contributed by atoms with Gasteiger partial charge in [-0.1, -0.05) is 24.6 Å². The standard InChI is InChI=1S/C11H13ClN2O5/c1-2-13-8(11(15)16)6-19-10-7(12)4-3-5-9(10)14(17)18/h3-5,8,13H,2,6H2,1H3,(H,15,16). The Morgan fingerprint density at radius 1 is 1.63 bits per heavy atom. The van der Waals surface area contributed by atoms with E-state index in [1.807, 2.05) is 0 Å². The molecule has 19 heavy (non-hydrogen) atoms. The van der Waals surface area contributed by atoms with Crippen LogP contribution < -0.4 is 10.1 Å². The maximum atomic E-state index is 10.9. The number of carboxylic acid groups (broad SMARTS) is 1. The fourth-order valence-electron chi connectivity index (χ4n) is 1.41. The molecule has 104 valence electrons. The summed E-state index contributed by atoms with van der Waals surface area (Å²) in [7, 11) is 0. The van der Waals surface area contributed by atoms with E-state index in [1.54, 1.807) is 6.92 Å². The van der Waals surface area contributed by atoms with Gasteiger partial charge in [-0.3, -0.25) is 14.9 Å². The lowest BCUT2D eigenvalue weighted by atomic mass is 10.3. The van der Waals surface area contributed by atoms with Crippen LogP contribution in [0.1, 0.15) is 6.92 Å². The number of nitro benzene ring substituents is 1. The summed E-state index contributed by atoms with van der Waals surface area (Å²) in [5, 5.41) is 22.5. The molecule has 0 aliphatic rings. The third-order valence-corrected chi connectivity index (χ3v) is 2.58. The van der Waals surface area contributed by atoms with Crippen molar-refractivity contribution in [2.24, 2.45) is 0 Å². The first-order valence-corrected chi connectivity index (χ1v) is 5.87. The van der Waals surface area contributed by atoms with Crippen LogP contribution in [0.4, 0.5) is 5.69 Å². The molecule has 1 aromatic carbocycles. The second kappa shape index (κ2) is 6.91. The molecule has 0 saturated carbocycles. The summed E-state index contributed by atoms with van der Waals surface area (Å²) in [5.74, 6) is -1.23. The average molecular weight is 289 g/mol. The van der Waals surface area contributed by atoms with Crippen molar-refractivity contribution >= 4 is 23.3 Å². The van der Waals surface area contributed by atoms with Gasteiger partial charge in [0.05, 0.1) is 9.95 Å². The number of nitrogens with zero attached hydrogens (tertiary/aromatic N) is 1. The van der Waals surface area contributed by atoms with Crippen LogP contribution in [-0.2, 0) is 4.79 Å². The number of halogens is 1. The lowest BCUT2D eigenvalue weighted by Gasteiger charge is -2.14. The fraction of sp³-hybridized carbons (Fsp3) is 0.364. The molecule has 1 atom stereocenters. The van der Waals surface area contributed by atoms with Crippen LogP contribution in [0.3, 0.4) is 0 Å². The lowest BCUT2D eigenvalue weighted by Crippen LogP contribution is -2.41. The van der Waals surface area contributed by atoms with Gasteiger partial charge in [-0.2, -0.15) is 0 Å². The van der Waals surface area contributed by atoms with Gasteiger partial charge in [-0.25, -0.2) is 0 Å². The number of nitro groups is 1. The van der Waals surface area contributed by atoms with E-state index in [0.29, 0.717) is 6.54 Å². The zero-order valence-corrected chi connectivity index (χ0v) is 10.9. The second-order valence-electron chi connectivity index (χ2n) is 3.60. The number of carboxylic acids is 1. The van der Waals surface area contributed by atoms with E-state index < -0.39 is 16.9 Å². The highest BCUT2D eigenvalue weighted by Crippen LogP contribution is 2.34. The summed E-state index contributed by atoms with van der Waals surface area (Å²) in [5.41, 5.74) is -0.298. The van der Waals surface area contributed by atoms with E-state index in [9.17, 15) is 14.9 Å². The molecule has 0 aromatic heterocycles. The molecule has 1 unspecified atom stereocenters. The molecule has 0 spiro atoms. The van der Waals surface area contributed by atoms with Crippen molar-refractivity contribution < 1.29 is 19.6 Å². The zero-order chi connectivity index (χ0) is 14.4. The molecule has 0 aliphatic carbocycles. The molecule has 0 amide bonds. The Kier molecular flexibility index (Phi) is 5.53. The van der Waals surface area contributed by atoms with E-state index in [-0.39, 0.29) is 23.1 Å². The van der Waals surface area contributed by atoms with Crippen LogP contribution in [0.15, 0.2) is 18.2 Å². The maximum absolute atomic E-state index is 10.9. The number of hydrogen-bond donors (Lipinski definition) is 2. The van der Waals surface area contributed by atoms with Crippen LogP contribution in [0.2, 0.25) is 5.02 Å². The van der Waals surface area contributed by atoms with Gasteiger partial charge < -0.3 is 15.2 Å². The molecule has 0 aliphatic heterocycles. The highest BCUT2D eigenvalue weighted by Gasteiger charge is 2.22. The summed E-state index contributed by atoms with van der Waals surface area (Å²) in [4.78, 5) is 21.1. The molecule has 7 nitrogen and oxygen atoms in total. The van der Waals surface area contributed by atoms with Gasteiger partial charge in [0.25, 0.3) is 0 Å². The average Bonchev–Trinajstić information content (AvgIpc) is 2.34. The first-order valence-electron chi connectivity index (χ1n) is 5.49. The predicted molar refractivity (Wildman–Crippen MR) is 68.7 cm³/mol. The number of benzene rings is 1. The van der Waals surface area contributed by atoms with Gasteiger partial charge in [-0.05, 0) is 12.6 Å². The molecule has 0 heterocycles. The normalized spacial score (nSPS) is 11.9. The van der Waals surface area contributed by atoms with E-state index in [2.05, 4.69) is 5.32 Å². The summed E-state index contributed by atoms with van der Waals surface area (Å²) in [6, 6.07) is 3.14. The van der Waals surface area contributed by atoms with Crippen LogP contribution in [0, 0.1) is 10.1 Å². The highest BCUT2D eigenvalue weighted by atomic mass is 35.5. The van der Waals surface area contributed by atoms with Crippen molar-refractivity contribution in [3.8, 4) is 5.75 Å². The molecule has 0 fully saturated rings. The smallest absolute Gasteiger partial charge is 0.324 e. The summed E-state index contributed by atoms with van der Waals surface area (Å²) >= 11 is 5.82. The summed E-state index contributed by atoms with van der Waals surface area (Å²) in [6.07, 6.45) is 0. The molecule has 0 bridgehead atoms. The molecule has 2 N–H and O–H groups in total. The molecule has 8 heteroatoms. The number of likely N-dealkylation sites (N-methyl/N-ethyl adjacent to an activating group) is 1. The minimum Gasteiger partial charge on any atom is -0.483 e. The van der Waals surface area contributed by atoms with Crippen molar-refractivity contribution in [1.82, 2.24) is 5.32 Å². The van der Waals surface area contributed by atoms with Crippen molar-refractivity contribution in [2.75, 3.05) is 13.2 Å². The van der Waals surface area contributed by atoms with Gasteiger partial charge in [-0.15, -0.1) is 0 Å². The molecule has 0 radical (unpaired) electrons. The quantitative estimate of drug-likeness (QED) is 0.585. The predicted octanol–water partition coefficient (Wildman–Crippen LogP) is 1.69. The Bertz CT molecular complexity index is 480. The SMILES string of the molecule is CCNC(COc1c(Cl)cccc1[N+](=O)[O-])C(=O)O. The third-order valence-electron chi connectivity index (χ3n) is 2.29. The molecule has 0 saturated heterocycles. The van der Waals surface area contributed by atoms with Gasteiger partial charge >= 0.3 is 11.7 Å². The highest BCUT2D eigenvalue weighted by molar-refractivity contribution is 6.32. The number of rotatable bonds is 7. The van der Waals surface area contributed by atoms with Gasteiger partial charge in [0.15, 0.2) is 0 Å². The zero-order valence-electron chi connectivity index (χ0n) is 10.1. The molecule has 1 aromatic rings. The van der Waals surface area contributed by atoms with Crippen molar-refractivity contribution in [3.63, 3.8) is 0 Å². The fourth-order valence-corrected chi connectivity index (χ4v) is 1.64. The van der Waals surface area contributed by atoms with Crippen molar-refractivity contribution in [1.29, 1.82) is 0 Å². The second-order valence-corrected chi connectivity index (χ2v) is 4.01. The molecule has 1 rings (SSSR count). The summed E-state index contributed by atoms with van der Waals surface area (Å²) in [6.45, 7) is 1.92. The van der Waals surface area contributed by atoms with E-state index >= 15 is 0 Å². The largest absolute Gasteiger partial charge is 0.483 e. The van der Waals surface area contributed by atoms with Crippen LogP contribution in [0.25, 0.3) is 0 Å². The Hall–Kier alpha value is -1.86. The number of para-hydroxylation sites is 1. The Balaban J connectivity index is 2.87. The lowest BCUT2D eigenvalue weighted by molar-refractivity contribution is -0.385. The van der Waals surface area contributed by atoms with Gasteiger partial charge in [0, 0.05) is 6.07 Å². The number of carbonyl (C=O) groups is 1. The summed E-state index contributed by atoms with van der Waals surface area (Å²) < 4.78 is 5.19. The number of hydrogen-bond acceptors (Lipinski definition) is 5. The van der Waals surface area contributed by atoms with E-state index in [0.717, 1.165) is 0 Å². The minimum atomic E-state index is -1.10. The Labute approximate surface area is 114 Å². The maximum Gasteiger partial charge on any atom is 0.324 e. The topological polar surface area (TPSA) is 102 Å².